The van der Waals surface area contributed by atoms with Gasteiger partial charge in [0.1, 0.15) is 6.33 Å². The highest BCUT2D eigenvalue weighted by Gasteiger charge is 2.13. The molecular weight excluding hydrogens is 302 g/mol. The number of hydrogen-bond donors (Lipinski definition) is 1. The molecule has 0 aliphatic heterocycles. The second-order valence-corrected chi connectivity index (χ2v) is 6.10. The molecule has 3 rings (SSSR count). The van der Waals surface area contributed by atoms with E-state index in [1.807, 2.05) is 45.9 Å². The molecule has 2 aromatic heterocycles. The molecule has 24 heavy (non-hydrogen) atoms. The Morgan fingerprint density at radius 3 is 2.79 bits per heavy atom. The van der Waals surface area contributed by atoms with E-state index in [0.717, 1.165) is 33.8 Å². The Kier molecular flexibility index (Phi) is 4.29. The fourth-order valence-electron chi connectivity index (χ4n) is 2.84. The molecule has 0 saturated carbocycles. The third-order valence-corrected chi connectivity index (χ3v) is 4.26. The molecule has 0 saturated heterocycles. The van der Waals surface area contributed by atoms with Crippen molar-refractivity contribution in [3.63, 3.8) is 0 Å². The van der Waals surface area contributed by atoms with Gasteiger partial charge in [-0.15, -0.1) is 0 Å². The first-order valence-electron chi connectivity index (χ1n) is 7.98. The van der Waals surface area contributed by atoms with E-state index in [1.165, 1.54) is 6.33 Å². The average molecular weight is 323 g/mol. The van der Waals surface area contributed by atoms with Gasteiger partial charge >= 0.3 is 0 Å². The van der Waals surface area contributed by atoms with Crippen molar-refractivity contribution in [3.05, 3.63) is 52.6 Å². The van der Waals surface area contributed by atoms with Gasteiger partial charge in [-0.3, -0.25) is 4.79 Å². The number of nitrogens with zero attached hydrogens (tertiary/aromatic N) is 4. The third-order valence-electron chi connectivity index (χ3n) is 4.26. The molecule has 124 valence electrons. The zero-order chi connectivity index (χ0) is 17.3. The second-order valence-electron chi connectivity index (χ2n) is 6.10. The first-order chi connectivity index (χ1) is 11.5. The normalized spacial score (nSPS) is 11.0. The van der Waals surface area contributed by atoms with Crippen LogP contribution in [0, 0.1) is 27.7 Å². The van der Waals surface area contributed by atoms with E-state index in [0.29, 0.717) is 18.6 Å². The first kappa shape index (κ1) is 16.1. The van der Waals surface area contributed by atoms with Crippen LogP contribution in [0.15, 0.2) is 24.5 Å². The minimum absolute atomic E-state index is 0.00110. The Morgan fingerprint density at radius 2 is 2.00 bits per heavy atom. The number of benzene rings is 1. The summed E-state index contributed by atoms with van der Waals surface area (Å²) >= 11 is 0. The standard InChI is InChI=1S/C18H21N5O/c1-11-5-6-12(2)16(9-11)22-17(24)8-7-15-13(3)21-18-19-10-20-23(18)14(15)4/h5-6,9-10H,7-8H2,1-4H3,(H,22,24). The predicted octanol–water partition coefficient (Wildman–Crippen LogP) is 2.93. The maximum atomic E-state index is 12.3. The van der Waals surface area contributed by atoms with Gasteiger partial charge in [-0.25, -0.2) is 9.50 Å². The van der Waals surface area contributed by atoms with Gasteiger partial charge in [-0.05, 0) is 56.9 Å². The van der Waals surface area contributed by atoms with Crippen LogP contribution < -0.4 is 5.32 Å². The van der Waals surface area contributed by atoms with Gasteiger partial charge in [-0.1, -0.05) is 12.1 Å². The Balaban J connectivity index is 1.73. The number of anilines is 1. The van der Waals surface area contributed by atoms with Crippen molar-refractivity contribution in [1.82, 2.24) is 19.6 Å². The molecule has 3 aromatic rings. The SMILES string of the molecule is Cc1ccc(C)c(NC(=O)CCc2c(C)nc3ncnn3c2C)c1. The number of carbonyl (C=O) groups is 1. The largest absolute Gasteiger partial charge is 0.326 e. The topological polar surface area (TPSA) is 72.2 Å². The number of nitrogens with one attached hydrogen (secondary N) is 1. The van der Waals surface area contributed by atoms with Crippen molar-refractivity contribution in [3.8, 4) is 0 Å². The summed E-state index contributed by atoms with van der Waals surface area (Å²) in [7, 11) is 0. The molecule has 6 nitrogen and oxygen atoms in total. The number of amides is 1. The molecule has 0 unspecified atom stereocenters. The summed E-state index contributed by atoms with van der Waals surface area (Å²) in [4.78, 5) is 20.9. The molecule has 0 atom stereocenters. The van der Waals surface area contributed by atoms with Crippen LogP contribution in [-0.2, 0) is 11.2 Å². The van der Waals surface area contributed by atoms with E-state index in [1.54, 1.807) is 4.52 Å². The van der Waals surface area contributed by atoms with E-state index in [-0.39, 0.29) is 5.91 Å². The number of rotatable bonds is 4. The Labute approximate surface area is 141 Å². The van der Waals surface area contributed by atoms with Crippen molar-refractivity contribution in [2.75, 3.05) is 5.32 Å². The maximum absolute atomic E-state index is 12.3. The quantitative estimate of drug-likeness (QED) is 0.801. The summed E-state index contributed by atoms with van der Waals surface area (Å²) in [5, 5.41) is 7.18. The fraction of sp³-hybridized carbons (Fsp3) is 0.333. The molecule has 0 bridgehead atoms. The van der Waals surface area contributed by atoms with Crippen molar-refractivity contribution < 1.29 is 4.79 Å². The highest BCUT2D eigenvalue weighted by atomic mass is 16.1. The van der Waals surface area contributed by atoms with Gasteiger partial charge in [0, 0.05) is 23.5 Å². The molecule has 0 fully saturated rings. The van der Waals surface area contributed by atoms with E-state index in [2.05, 4.69) is 20.4 Å². The van der Waals surface area contributed by atoms with E-state index >= 15 is 0 Å². The highest BCUT2D eigenvalue weighted by molar-refractivity contribution is 5.91. The van der Waals surface area contributed by atoms with Crippen LogP contribution >= 0.6 is 0 Å². The molecule has 0 aliphatic rings. The van der Waals surface area contributed by atoms with Crippen LogP contribution in [0.1, 0.15) is 34.5 Å². The van der Waals surface area contributed by atoms with Crippen molar-refractivity contribution >= 4 is 17.4 Å². The molecule has 0 aliphatic carbocycles. The fourth-order valence-corrected chi connectivity index (χ4v) is 2.84. The summed E-state index contributed by atoms with van der Waals surface area (Å²) in [5.41, 5.74) is 5.99. The molecular formula is C18H21N5O. The smallest absolute Gasteiger partial charge is 0.252 e. The number of carbonyl (C=O) groups excluding carboxylic acids is 1. The monoisotopic (exact) mass is 323 g/mol. The lowest BCUT2D eigenvalue weighted by Crippen LogP contribution is -2.15. The van der Waals surface area contributed by atoms with Crippen LogP contribution in [0.25, 0.3) is 5.78 Å². The van der Waals surface area contributed by atoms with Gasteiger partial charge in [-0.2, -0.15) is 10.1 Å². The molecule has 1 amide bonds. The third kappa shape index (κ3) is 3.13. The van der Waals surface area contributed by atoms with Crippen LogP contribution in [0.3, 0.4) is 0 Å². The average Bonchev–Trinajstić information content (AvgIpc) is 2.99. The summed E-state index contributed by atoms with van der Waals surface area (Å²) in [6.07, 6.45) is 2.51. The highest BCUT2D eigenvalue weighted by Crippen LogP contribution is 2.18. The predicted molar refractivity (Wildman–Crippen MR) is 93.1 cm³/mol. The zero-order valence-electron chi connectivity index (χ0n) is 14.4. The minimum Gasteiger partial charge on any atom is -0.326 e. The first-order valence-corrected chi connectivity index (χ1v) is 7.98. The molecule has 2 heterocycles. The van der Waals surface area contributed by atoms with E-state index in [9.17, 15) is 4.79 Å². The zero-order valence-corrected chi connectivity index (χ0v) is 14.4. The van der Waals surface area contributed by atoms with Gasteiger partial charge < -0.3 is 5.32 Å². The van der Waals surface area contributed by atoms with Crippen LogP contribution in [0.2, 0.25) is 0 Å². The lowest BCUT2D eigenvalue weighted by atomic mass is 10.1. The van der Waals surface area contributed by atoms with Crippen LogP contribution in [0.5, 0.6) is 0 Å². The summed E-state index contributed by atoms with van der Waals surface area (Å²) in [5.74, 6) is 0.592. The molecule has 6 heteroatoms. The number of aryl methyl sites for hydroxylation is 4. The van der Waals surface area contributed by atoms with Gasteiger partial charge in [0.2, 0.25) is 5.91 Å². The van der Waals surface area contributed by atoms with E-state index < -0.39 is 0 Å². The minimum atomic E-state index is 0.00110. The summed E-state index contributed by atoms with van der Waals surface area (Å²) in [6.45, 7) is 7.93. The lowest BCUT2D eigenvalue weighted by molar-refractivity contribution is -0.116. The second kappa shape index (κ2) is 6.39. The van der Waals surface area contributed by atoms with Crippen molar-refractivity contribution in [1.29, 1.82) is 0 Å². The van der Waals surface area contributed by atoms with Crippen molar-refractivity contribution in [2.24, 2.45) is 0 Å². The molecule has 0 spiro atoms. The lowest BCUT2D eigenvalue weighted by Gasteiger charge is -2.12. The number of aromatic nitrogens is 4. The van der Waals surface area contributed by atoms with Crippen LogP contribution in [0.4, 0.5) is 5.69 Å². The van der Waals surface area contributed by atoms with Gasteiger partial charge in [0.15, 0.2) is 0 Å². The summed E-state index contributed by atoms with van der Waals surface area (Å²) in [6, 6.07) is 6.05. The molecule has 1 N–H and O–H groups in total. The van der Waals surface area contributed by atoms with Crippen LogP contribution in [-0.4, -0.2) is 25.5 Å². The van der Waals surface area contributed by atoms with Gasteiger partial charge in [0.25, 0.3) is 5.78 Å². The van der Waals surface area contributed by atoms with Crippen molar-refractivity contribution in [2.45, 2.75) is 40.5 Å². The molecule has 0 radical (unpaired) electrons. The Morgan fingerprint density at radius 1 is 1.21 bits per heavy atom. The van der Waals surface area contributed by atoms with E-state index in [4.69, 9.17) is 0 Å². The maximum Gasteiger partial charge on any atom is 0.252 e. The summed E-state index contributed by atoms with van der Waals surface area (Å²) < 4.78 is 1.71. The Bertz CT molecular complexity index is 913. The Hall–Kier alpha value is -2.76. The molecule has 1 aromatic carbocycles. The number of fused-ring (bicyclic) bond motifs is 1. The van der Waals surface area contributed by atoms with Gasteiger partial charge in [0.05, 0.1) is 0 Å². The number of hydrogen-bond acceptors (Lipinski definition) is 4.